The molecule has 13 heavy (non-hydrogen) atoms. The molecule has 0 spiro atoms. The molecule has 1 fully saturated rings. The molecule has 2 N–H and O–H groups in total. The number of piperidine rings is 1. The Bertz CT molecular complexity index is 182. The number of carbonyl (C=O) groups excluding carboxylic acids is 1. The van der Waals surface area contributed by atoms with Gasteiger partial charge in [0.25, 0.3) is 0 Å². The second-order valence-corrected chi connectivity index (χ2v) is 3.96. The molecule has 2 atom stereocenters. The van der Waals surface area contributed by atoms with Gasteiger partial charge in [0.1, 0.15) is 0 Å². The van der Waals surface area contributed by atoms with Crippen molar-refractivity contribution in [2.45, 2.75) is 26.7 Å². The first-order chi connectivity index (χ1) is 6.19. The average Bonchev–Trinajstić information content (AvgIpc) is 2.17. The van der Waals surface area contributed by atoms with E-state index in [1.165, 1.54) is 0 Å². The first-order valence-corrected chi connectivity index (χ1v) is 5.16. The van der Waals surface area contributed by atoms with Crippen molar-refractivity contribution in [3.63, 3.8) is 0 Å². The number of hydrogen-bond donors (Lipinski definition) is 1. The molecule has 1 heterocycles. The van der Waals surface area contributed by atoms with Crippen LogP contribution in [0.4, 0.5) is 0 Å². The summed E-state index contributed by atoms with van der Waals surface area (Å²) in [6, 6.07) is 0. The molecular formula is C10H20N2O. The average molecular weight is 184 g/mol. The molecule has 1 aliphatic heterocycles. The maximum Gasteiger partial charge on any atom is 0.222 e. The van der Waals surface area contributed by atoms with Gasteiger partial charge in [0.2, 0.25) is 5.91 Å². The van der Waals surface area contributed by atoms with Crippen LogP contribution in [0.5, 0.6) is 0 Å². The van der Waals surface area contributed by atoms with E-state index in [0.717, 1.165) is 19.5 Å². The van der Waals surface area contributed by atoms with Gasteiger partial charge in [-0.1, -0.05) is 13.8 Å². The lowest BCUT2D eigenvalue weighted by Crippen LogP contribution is -2.45. The van der Waals surface area contributed by atoms with Gasteiger partial charge in [-0.15, -0.1) is 0 Å². The van der Waals surface area contributed by atoms with Crippen LogP contribution in [0.25, 0.3) is 0 Å². The minimum Gasteiger partial charge on any atom is -0.342 e. The number of likely N-dealkylation sites (tertiary alicyclic amines) is 1. The third kappa shape index (κ3) is 2.44. The smallest absolute Gasteiger partial charge is 0.222 e. The third-order valence-electron chi connectivity index (χ3n) is 3.07. The molecule has 1 amide bonds. The Morgan fingerprint density at radius 2 is 2.31 bits per heavy atom. The summed E-state index contributed by atoms with van der Waals surface area (Å²) in [7, 11) is 0. The maximum absolute atomic E-state index is 11.4. The standard InChI is InChI=1S/C10H20N2O/c1-3-10(13)12-5-4-8(2)9(6-11)7-12/h8-9H,3-7,11H2,1-2H3. The molecule has 0 bridgehead atoms. The van der Waals surface area contributed by atoms with Gasteiger partial charge in [-0.25, -0.2) is 0 Å². The molecule has 1 saturated heterocycles. The van der Waals surface area contributed by atoms with Crippen molar-refractivity contribution in [3.8, 4) is 0 Å². The van der Waals surface area contributed by atoms with Crippen molar-refractivity contribution in [2.75, 3.05) is 19.6 Å². The molecule has 1 aliphatic rings. The van der Waals surface area contributed by atoms with Crippen LogP contribution in [0.1, 0.15) is 26.7 Å². The Labute approximate surface area is 80.3 Å². The van der Waals surface area contributed by atoms with Crippen molar-refractivity contribution in [3.05, 3.63) is 0 Å². The molecule has 76 valence electrons. The van der Waals surface area contributed by atoms with E-state index >= 15 is 0 Å². The number of carbonyl (C=O) groups is 1. The number of amides is 1. The van der Waals surface area contributed by atoms with Crippen LogP contribution in [-0.4, -0.2) is 30.4 Å². The minimum absolute atomic E-state index is 0.269. The normalized spacial score (nSPS) is 29.0. The van der Waals surface area contributed by atoms with Gasteiger partial charge in [0, 0.05) is 19.5 Å². The highest BCUT2D eigenvalue weighted by molar-refractivity contribution is 5.75. The van der Waals surface area contributed by atoms with E-state index in [2.05, 4.69) is 6.92 Å². The number of hydrogen-bond acceptors (Lipinski definition) is 2. The second-order valence-electron chi connectivity index (χ2n) is 3.96. The van der Waals surface area contributed by atoms with Gasteiger partial charge in [0.05, 0.1) is 0 Å². The van der Waals surface area contributed by atoms with Gasteiger partial charge in [-0.2, -0.15) is 0 Å². The van der Waals surface area contributed by atoms with Crippen molar-refractivity contribution in [2.24, 2.45) is 17.6 Å². The van der Waals surface area contributed by atoms with E-state index < -0.39 is 0 Å². The van der Waals surface area contributed by atoms with Gasteiger partial charge < -0.3 is 10.6 Å². The zero-order chi connectivity index (χ0) is 9.84. The summed E-state index contributed by atoms with van der Waals surface area (Å²) in [6.45, 7) is 6.63. The molecule has 3 nitrogen and oxygen atoms in total. The van der Waals surface area contributed by atoms with Crippen molar-refractivity contribution in [1.29, 1.82) is 0 Å². The van der Waals surface area contributed by atoms with E-state index in [4.69, 9.17) is 5.73 Å². The quantitative estimate of drug-likeness (QED) is 0.691. The summed E-state index contributed by atoms with van der Waals surface area (Å²) in [4.78, 5) is 13.4. The van der Waals surface area contributed by atoms with Crippen LogP contribution in [0.2, 0.25) is 0 Å². The lowest BCUT2D eigenvalue weighted by molar-refractivity contribution is -0.133. The lowest BCUT2D eigenvalue weighted by atomic mass is 9.87. The molecule has 0 aromatic carbocycles. The molecule has 2 unspecified atom stereocenters. The Morgan fingerprint density at radius 1 is 1.62 bits per heavy atom. The highest BCUT2D eigenvalue weighted by atomic mass is 16.2. The molecule has 0 aliphatic carbocycles. The lowest BCUT2D eigenvalue weighted by Gasteiger charge is -2.36. The topological polar surface area (TPSA) is 46.3 Å². The number of rotatable bonds is 2. The first-order valence-electron chi connectivity index (χ1n) is 5.16. The van der Waals surface area contributed by atoms with Crippen LogP contribution < -0.4 is 5.73 Å². The summed E-state index contributed by atoms with van der Waals surface area (Å²) in [5.41, 5.74) is 5.66. The zero-order valence-corrected chi connectivity index (χ0v) is 8.62. The Balaban J connectivity index is 2.49. The molecular weight excluding hydrogens is 164 g/mol. The maximum atomic E-state index is 11.4. The molecule has 1 rings (SSSR count). The van der Waals surface area contributed by atoms with Gasteiger partial charge in [0.15, 0.2) is 0 Å². The molecule has 0 aromatic heterocycles. The van der Waals surface area contributed by atoms with Crippen molar-refractivity contribution < 1.29 is 4.79 Å². The highest BCUT2D eigenvalue weighted by Gasteiger charge is 2.26. The van der Waals surface area contributed by atoms with Gasteiger partial charge in [-0.3, -0.25) is 4.79 Å². The number of nitrogens with two attached hydrogens (primary N) is 1. The van der Waals surface area contributed by atoms with Gasteiger partial charge in [-0.05, 0) is 24.8 Å². The SMILES string of the molecule is CCC(=O)N1CCC(C)C(CN)C1. The van der Waals surface area contributed by atoms with E-state index in [-0.39, 0.29) is 5.91 Å². The largest absolute Gasteiger partial charge is 0.342 e. The van der Waals surface area contributed by atoms with E-state index in [0.29, 0.717) is 24.8 Å². The predicted molar refractivity (Wildman–Crippen MR) is 53.2 cm³/mol. The summed E-state index contributed by atoms with van der Waals surface area (Å²) in [5, 5.41) is 0. The second kappa shape index (κ2) is 4.61. The molecule has 0 saturated carbocycles. The third-order valence-corrected chi connectivity index (χ3v) is 3.07. The Kier molecular flexibility index (Phi) is 3.72. The fourth-order valence-corrected chi connectivity index (χ4v) is 1.91. The predicted octanol–water partition coefficient (Wildman–Crippen LogP) is 0.840. The summed E-state index contributed by atoms with van der Waals surface area (Å²) in [5.74, 6) is 1.44. The Morgan fingerprint density at radius 3 is 2.85 bits per heavy atom. The first kappa shape index (κ1) is 10.5. The van der Waals surface area contributed by atoms with Crippen LogP contribution >= 0.6 is 0 Å². The molecule has 0 aromatic rings. The van der Waals surface area contributed by atoms with E-state index in [1.54, 1.807) is 0 Å². The van der Waals surface area contributed by atoms with Crippen LogP contribution in [0, 0.1) is 11.8 Å². The summed E-state index contributed by atoms with van der Waals surface area (Å²) < 4.78 is 0. The minimum atomic E-state index is 0.269. The van der Waals surface area contributed by atoms with Crippen molar-refractivity contribution >= 4 is 5.91 Å². The zero-order valence-electron chi connectivity index (χ0n) is 8.62. The Hall–Kier alpha value is -0.570. The fourth-order valence-electron chi connectivity index (χ4n) is 1.91. The molecule has 0 radical (unpaired) electrons. The summed E-state index contributed by atoms with van der Waals surface area (Å²) >= 11 is 0. The van der Waals surface area contributed by atoms with Crippen molar-refractivity contribution in [1.82, 2.24) is 4.90 Å². The van der Waals surface area contributed by atoms with E-state index in [9.17, 15) is 4.79 Å². The summed E-state index contributed by atoms with van der Waals surface area (Å²) in [6.07, 6.45) is 1.72. The van der Waals surface area contributed by atoms with Gasteiger partial charge >= 0.3 is 0 Å². The fraction of sp³-hybridized carbons (Fsp3) is 0.900. The van der Waals surface area contributed by atoms with Crippen LogP contribution in [0.15, 0.2) is 0 Å². The number of nitrogens with zero attached hydrogens (tertiary/aromatic N) is 1. The molecule has 3 heteroatoms. The monoisotopic (exact) mass is 184 g/mol. The van der Waals surface area contributed by atoms with Crippen LogP contribution in [0.3, 0.4) is 0 Å². The van der Waals surface area contributed by atoms with Crippen LogP contribution in [-0.2, 0) is 4.79 Å². The van der Waals surface area contributed by atoms with E-state index in [1.807, 2.05) is 11.8 Å². The highest BCUT2D eigenvalue weighted by Crippen LogP contribution is 2.22.